The van der Waals surface area contributed by atoms with Gasteiger partial charge in [-0.3, -0.25) is 4.79 Å². The summed E-state index contributed by atoms with van der Waals surface area (Å²) < 4.78 is 15.9. The van der Waals surface area contributed by atoms with Crippen molar-refractivity contribution in [1.29, 1.82) is 0 Å². The Kier molecular flexibility index (Phi) is 5.62. The number of H-pyrrole nitrogens is 1. The molecule has 6 heteroatoms. The van der Waals surface area contributed by atoms with Crippen LogP contribution in [-0.2, 0) is 11.3 Å². The van der Waals surface area contributed by atoms with E-state index >= 15 is 0 Å². The average molecular weight is 407 g/mol. The van der Waals surface area contributed by atoms with Crippen LogP contribution in [-0.4, -0.2) is 16.6 Å². The van der Waals surface area contributed by atoms with E-state index in [1.54, 1.807) is 19.1 Å². The van der Waals surface area contributed by atoms with Crippen LogP contribution >= 0.6 is 11.8 Å². The molecule has 2 N–H and O–H groups in total. The summed E-state index contributed by atoms with van der Waals surface area (Å²) in [7, 11) is 0. The number of aryl methyl sites for hydroxylation is 1. The number of carbonyl (C=O) groups is 1. The predicted octanol–water partition coefficient (Wildman–Crippen LogP) is 4.68. The fraction of sp³-hybridized carbons (Fsp3) is 0.130. The first-order valence-electron chi connectivity index (χ1n) is 9.33. The second kappa shape index (κ2) is 8.49. The van der Waals surface area contributed by atoms with Gasteiger partial charge in [0.1, 0.15) is 12.4 Å². The summed E-state index contributed by atoms with van der Waals surface area (Å²) in [6.45, 7) is 2.40. The smallest absolute Gasteiger partial charge is 0.317 e. The van der Waals surface area contributed by atoms with Gasteiger partial charge in [-0.05, 0) is 54.1 Å². The fourth-order valence-corrected chi connectivity index (χ4v) is 3.99. The van der Waals surface area contributed by atoms with Gasteiger partial charge in [0.15, 0.2) is 11.0 Å². The molecule has 1 amide bonds. The topological polar surface area (TPSA) is 48.8 Å². The van der Waals surface area contributed by atoms with E-state index in [9.17, 15) is 9.18 Å². The number of aromatic nitrogens is 2. The molecule has 0 bridgehead atoms. The van der Waals surface area contributed by atoms with Crippen molar-refractivity contribution in [1.82, 2.24) is 4.98 Å². The highest BCUT2D eigenvalue weighted by atomic mass is 32.2. The molecule has 0 aliphatic carbocycles. The maximum absolute atomic E-state index is 13.7. The fourth-order valence-electron chi connectivity index (χ4n) is 3.15. The third kappa shape index (κ3) is 4.49. The van der Waals surface area contributed by atoms with Gasteiger partial charge in [-0.15, -0.1) is 0 Å². The summed E-state index contributed by atoms with van der Waals surface area (Å²) >= 11 is 1.43. The number of hydrogen-bond acceptors (Lipinski definition) is 2. The van der Waals surface area contributed by atoms with Crippen molar-refractivity contribution in [3.8, 4) is 0 Å². The minimum Gasteiger partial charge on any atom is -0.325 e. The average Bonchev–Trinajstić information content (AvgIpc) is 3.07. The van der Waals surface area contributed by atoms with E-state index in [1.165, 1.54) is 23.4 Å². The van der Waals surface area contributed by atoms with Crippen LogP contribution in [0.2, 0.25) is 0 Å². The van der Waals surface area contributed by atoms with Crippen molar-refractivity contribution < 1.29 is 13.8 Å². The van der Waals surface area contributed by atoms with Crippen molar-refractivity contribution in [3.05, 3.63) is 89.7 Å². The largest absolute Gasteiger partial charge is 0.325 e. The number of fused-ring (bicyclic) bond motifs is 1. The third-order valence-corrected chi connectivity index (χ3v) is 5.66. The highest BCUT2D eigenvalue weighted by Gasteiger charge is 2.20. The zero-order chi connectivity index (χ0) is 20.2. The summed E-state index contributed by atoms with van der Waals surface area (Å²) in [5.41, 5.74) is 4.31. The van der Waals surface area contributed by atoms with E-state index < -0.39 is 0 Å². The standard InChI is InChI=1S/C23H20FN3OS/c1-16-11-12-18(13-19(16)24)25-22(28)15-29-23-26-20-9-5-6-10-21(20)27(23)14-17-7-3-2-4-8-17/h2-13H,14-15H2,1H3,(H,25,28)/p+1. The Bertz CT molecular complexity index is 1160. The molecule has 146 valence electrons. The molecule has 0 unspecified atom stereocenters. The van der Waals surface area contributed by atoms with Gasteiger partial charge >= 0.3 is 5.16 Å². The van der Waals surface area contributed by atoms with Crippen LogP contribution in [0.4, 0.5) is 10.1 Å². The minimum atomic E-state index is -0.327. The van der Waals surface area contributed by atoms with Gasteiger partial charge in [-0.2, -0.15) is 0 Å². The Morgan fingerprint density at radius 3 is 2.62 bits per heavy atom. The zero-order valence-corrected chi connectivity index (χ0v) is 16.8. The molecule has 0 aliphatic rings. The summed E-state index contributed by atoms with van der Waals surface area (Å²) in [5, 5.41) is 3.66. The number of imidazole rings is 1. The Labute approximate surface area is 172 Å². The van der Waals surface area contributed by atoms with E-state index in [1.807, 2.05) is 36.4 Å². The first-order valence-corrected chi connectivity index (χ1v) is 10.3. The molecule has 0 fully saturated rings. The molecule has 29 heavy (non-hydrogen) atoms. The quantitative estimate of drug-likeness (QED) is 0.361. The first kappa shape index (κ1) is 19.2. The Morgan fingerprint density at radius 2 is 1.83 bits per heavy atom. The summed E-state index contributed by atoms with van der Waals surface area (Å²) in [6, 6.07) is 23.0. The normalized spacial score (nSPS) is 11.0. The van der Waals surface area contributed by atoms with Crippen LogP contribution in [0.15, 0.2) is 78.0 Å². The number of thioether (sulfide) groups is 1. The monoisotopic (exact) mass is 406 g/mol. The number of halogens is 1. The molecule has 4 nitrogen and oxygen atoms in total. The van der Waals surface area contributed by atoms with Gasteiger partial charge in [0.25, 0.3) is 0 Å². The lowest BCUT2D eigenvalue weighted by atomic mass is 10.2. The molecule has 0 radical (unpaired) electrons. The molecule has 4 aromatic rings. The van der Waals surface area contributed by atoms with Crippen molar-refractivity contribution in [3.63, 3.8) is 0 Å². The number of rotatable bonds is 6. The number of nitrogens with one attached hydrogen (secondary N) is 2. The van der Waals surface area contributed by atoms with Gasteiger partial charge in [-0.25, -0.2) is 13.9 Å². The van der Waals surface area contributed by atoms with Crippen LogP contribution in [0, 0.1) is 12.7 Å². The maximum Gasteiger partial charge on any atom is 0.317 e. The van der Waals surface area contributed by atoms with E-state index in [0.717, 1.165) is 16.2 Å². The van der Waals surface area contributed by atoms with Gasteiger partial charge in [0.2, 0.25) is 5.91 Å². The third-order valence-electron chi connectivity index (χ3n) is 4.66. The van der Waals surface area contributed by atoms with E-state index in [4.69, 9.17) is 0 Å². The molecule has 3 aromatic carbocycles. The molecular formula is C23H21FN3OS+. The van der Waals surface area contributed by atoms with Gasteiger partial charge < -0.3 is 5.32 Å². The SMILES string of the molecule is Cc1ccc(NC(=O)CSc2[nH]c3ccccc3[n+]2Cc2ccccc2)cc1F. The number of hydrogen-bond donors (Lipinski definition) is 2. The number of nitrogens with zero attached hydrogens (tertiary/aromatic N) is 1. The van der Waals surface area contributed by atoms with Crippen molar-refractivity contribution in [2.75, 3.05) is 11.1 Å². The number of aromatic amines is 1. The molecule has 0 atom stereocenters. The lowest BCUT2D eigenvalue weighted by Crippen LogP contribution is -2.35. The molecular weight excluding hydrogens is 385 g/mol. The number of benzene rings is 3. The zero-order valence-electron chi connectivity index (χ0n) is 16.0. The molecule has 1 heterocycles. The van der Waals surface area contributed by atoms with Crippen LogP contribution in [0.5, 0.6) is 0 Å². The lowest BCUT2D eigenvalue weighted by molar-refractivity contribution is -0.700. The predicted molar refractivity (Wildman–Crippen MR) is 115 cm³/mol. The Hall–Kier alpha value is -3.12. The van der Waals surface area contributed by atoms with Crippen molar-refractivity contribution in [2.45, 2.75) is 18.6 Å². The number of anilines is 1. The highest BCUT2D eigenvalue weighted by molar-refractivity contribution is 7.99. The molecule has 0 aliphatic heterocycles. The maximum atomic E-state index is 13.7. The number of para-hydroxylation sites is 2. The van der Waals surface area contributed by atoms with Crippen molar-refractivity contribution >= 4 is 34.4 Å². The number of carbonyl (C=O) groups excluding carboxylic acids is 1. The minimum absolute atomic E-state index is 0.178. The second-order valence-electron chi connectivity index (χ2n) is 6.82. The van der Waals surface area contributed by atoms with Gasteiger partial charge in [-0.1, -0.05) is 48.5 Å². The van der Waals surface area contributed by atoms with Crippen LogP contribution in [0.3, 0.4) is 0 Å². The summed E-state index contributed by atoms with van der Waals surface area (Å²) in [5.74, 6) is -0.285. The Morgan fingerprint density at radius 1 is 1.07 bits per heavy atom. The van der Waals surface area contributed by atoms with Gasteiger partial charge in [0.05, 0.1) is 5.75 Å². The molecule has 0 saturated carbocycles. The molecule has 0 spiro atoms. The summed E-state index contributed by atoms with van der Waals surface area (Å²) in [4.78, 5) is 15.8. The van der Waals surface area contributed by atoms with E-state index in [-0.39, 0.29) is 17.5 Å². The van der Waals surface area contributed by atoms with Crippen LogP contribution in [0.25, 0.3) is 11.0 Å². The first-order chi connectivity index (χ1) is 14.1. The lowest BCUT2D eigenvalue weighted by Gasteiger charge is -2.06. The van der Waals surface area contributed by atoms with Crippen LogP contribution < -0.4 is 9.88 Å². The summed E-state index contributed by atoms with van der Waals surface area (Å²) in [6.07, 6.45) is 0. The van der Waals surface area contributed by atoms with Gasteiger partial charge in [0, 0.05) is 5.69 Å². The highest BCUT2D eigenvalue weighted by Crippen LogP contribution is 2.20. The second-order valence-corrected chi connectivity index (χ2v) is 7.78. The number of amides is 1. The van der Waals surface area contributed by atoms with Crippen molar-refractivity contribution in [2.24, 2.45) is 0 Å². The molecule has 1 aromatic heterocycles. The van der Waals surface area contributed by atoms with Crippen LogP contribution in [0.1, 0.15) is 11.1 Å². The molecule has 4 rings (SSSR count). The van der Waals surface area contributed by atoms with E-state index in [0.29, 0.717) is 17.8 Å². The van der Waals surface area contributed by atoms with E-state index in [2.05, 4.69) is 33.1 Å². The molecule has 0 saturated heterocycles. The Balaban J connectivity index is 1.52.